The number of nitrogens with one attached hydrogen (secondary N) is 3. The van der Waals surface area contributed by atoms with E-state index in [1.54, 1.807) is 25.1 Å². The highest BCUT2D eigenvalue weighted by Crippen LogP contribution is 2.29. The smallest absolute Gasteiger partial charge is 0.328 e. The van der Waals surface area contributed by atoms with Gasteiger partial charge in [-0.3, -0.25) is 28.8 Å². The molecule has 0 unspecified atom stereocenters. The molecule has 0 saturated carbocycles. The van der Waals surface area contributed by atoms with E-state index in [9.17, 15) is 28.8 Å². The molecule has 54 heavy (non-hydrogen) atoms. The molecule has 4 amide bonds. The Bertz CT molecular complexity index is 1690. The summed E-state index contributed by atoms with van der Waals surface area (Å²) in [5.41, 5.74) is 1.45. The Labute approximate surface area is 315 Å². The number of esters is 2. The number of amides is 4. The first-order valence-corrected chi connectivity index (χ1v) is 17.9. The molecule has 3 aromatic rings. The molecule has 3 rings (SSSR count). The molecule has 292 valence electrons. The molecule has 0 saturated heterocycles. The van der Waals surface area contributed by atoms with E-state index in [1.807, 2.05) is 37.3 Å². The van der Waals surface area contributed by atoms with Gasteiger partial charge in [-0.1, -0.05) is 69.5 Å². The topological polar surface area (TPSA) is 192 Å². The van der Waals surface area contributed by atoms with Crippen molar-refractivity contribution < 1.29 is 52.2 Å². The number of hydroxylamine groups is 2. The summed E-state index contributed by atoms with van der Waals surface area (Å²) in [5.74, 6) is -3.31. The molecule has 0 aliphatic carbocycles. The molecular weight excluding hydrogens is 700 g/mol. The van der Waals surface area contributed by atoms with Crippen LogP contribution in [0.1, 0.15) is 85.8 Å². The van der Waals surface area contributed by atoms with E-state index in [-0.39, 0.29) is 42.9 Å². The van der Waals surface area contributed by atoms with E-state index in [4.69, 9.17) is 18.7 Å². The van der Waals surface area contributed by atoms with Gasteiger partial charge in [0, 0.05) is 5.56 Å². The lowest BCUT2D eigenvalue weighted by Gasteiger charge is -2.32. The quantitative estimate of drug-likeness (QED) is 0.0405. The van der Waals surface area contributed by atoms with Crippen molar-refractivity contribution in [2.45, 2.75) is 78.0 Å². The van der Waals surface area contributed by atoms with Gasteiger partial charge >= 0.3 is 11.9 Å². The van der Waals surface area contributed by atoms with Gasteiger partial charge in [0.15, 0.2) is 5.76 Å². The van der Waals surface area contributed by atoms with Crippen molar-refractivity contribution in [2.24, 2.45) is 5.92 Å². The molecule has 2 aromatic carbocycles. The number of hydrogen-bond acceptors (Lipinski definition) is 11. The predicted octanol–water partition coefficient (Wildman–Crippen LogP) is 4.55. The van der Waals surface area contributed by atoms with Crippen LogP contribution in [0.25, 0.3) is 11.3 Å². The van der Waals surface area contributed by atoms with Crippen LogP contribution in [0.4, 0.5) is 0 Å². The van der Waals surface area contributed by atoms with Gasteiger partial charge in [0.1, 0.15) is 24.2 Å². The van der Waals surface area contributed by atoms with Crippen LogP contribution in [-0.2, 0) is 40.1 Å². The number of methoxy groups -OCH3 is 2. The number of hydrogen-bond donors (Lipinski definition) is 3. The third kappa shape index (κ3) is 12.5. The van der Waals surface area contributed by atoms with Crippen LogP contribution in [0.15, 0.2) is 65.1 Å². The molecule has 0 fully saturated rings. The number of furan rings is 1. The van der Waals surface area contributed by atoms with Crippen LogP contribution in [0.3, 0.4) is 0 Å². The summed E-state index contributed by atoms with van der Waals surface area (Å²) < 4.78 is 20.8. The average Bonchev–Trinajstić information content (AvgIpc) is 3.69. The zero-order valence-corrected chi connectivity index (χ0v) is 31.4. The summed E-state index contributed by atoms with van der Waals surface area (Å²) in [4.78, 5) is 81.6. The third-order valence-electron chi connectivity index (χ3n) is 8.53. The first kappa shape index (κ1) is 42.7. The summed E-state index contributed by atoms with van der Waals surface area (Å²) >= 11 is 0. The minimum Gasteiger partial charge on any atom is -0.493 e. The van der Waals surface area contributed by atoms with Gasteiger partial charge in [0.05, 0.1) is 51.4 Å². The van der Waals surface area contributed by atoms with Crippen LogP contribution >= 0.6 is 0 Å². The Hall–Kier alpha value is -5.70. The highest BCUT2D eigenvalue weighted by molar-refractivity contribution is 6.00. The number of benzene rings is 2. The van der Waals surface area contributed by atoms with Gasteiger partial charge in [-0.2, -0.15) is 0 Å². The molecule has 1 aromatic heterocycles. The van der Waals surface area contributed by atoms with E-state index < -0.39 is 48.2 Å². The molecule has 3 atom stereocenters. The minimum absolute atomic E-state index is 0.0323. The molecule has 0 aliphatic rings. The number of carbonyl (C=O) groups is 6. The summed E-state index contributed by atoms with van der Waals surface area (Å²) in [6, 6.07) is 15.2. The lowest BCUT2D eigenvalue weighted by atomic mass is 9.90. The van der Waals surface area contributed by atoms with E-state index >= 15 is 0 Å². The summed E-state index contributed by atoms with van der Waals surface area (Å²) in [6.45, 7) is 5.86. The van der Waals surface area contributed by atoms with E-state index in [0.29, 0.717) is 30.6 Å². The monoisotopic (exact) mass is 750 g/mol. The zero-order chi connectivity index (χ0) is 39.5. The Morgan fingerprint density at radius 3 is 2.30 bits per heavy atom. The van der Waals surface area contributed by atoms with Crippen LogP contribution in [-0.4, -0.2) is 80.7 Å². The number of rotatable bonds is 23. The summed E-state index contributed by atoms with van der Waals surface area (Å²) in [7, 11) is 2.30. The van der Waals surface area contributed by atoms with Crippen LogP contribution in [0, 0.1) is 5.92 Å². The minimum atomic E-state index is -1.29. The predicted molar refractivity (Wildman–Crippen MR) is 197 cm³/mol. The average molecular weight is 751 g/mol. The molecule has 0 bridgehead atoms. The molecule has 0 spiro atoms. The molecule has 15 nitrogen and oxygen atoms in total. The first-order valence-electron chi connectivity index (χ1n) is 17.9. The number of carbonyl (C=O) groups excluding carboxylic acids is 6. The fourth-order valence-electron chi connectivity index (χ4n) is 5.69. The van der Waals surface area contributed by atoms with Gasteiger partial charge in [0.25, 0.3) is 11.8 Å². The molecule has 3 N–H and O–H groups in total. The van der Waals surface area contributed by atoms with Crippen molar-refractivity contribution in [3.05, 3.63) is 77.6 Å². The highest BCUT2D eigenvalue weighted by atomic mass is 16.7. The van der Waals surface area contributed by atoms with Gasteiger partial charge in [-0.05, 0) is 49.6 Å². The lowest BCUT2D eigenvalue weighted by Crippen LogP contribution is -2.48. The zero-order valence-electron chi connectivity index (χ0n) is 31.4. The lowest BCUT2D eigenvalue weighted by molar-refractivity contribution is -0.200. The second kappa shape index (κ2) is 22.4. The normalized spacial score (nSPS) is 12.4. The Kier molecular flexibility index (Phi) is 17.7. The number of nitrogens with zero attached hydrogens (tertiary/aromatic N) is 1. The Morgan fingerprint density at radius 2 is 1.65 bits per heavy atom. The molecular formula is C39H50N4O11. The molecule has 15 heteroatoms. The van der Waals surface area contributed by atoms with E-state index in [1.165, 1.54) is 17.2 Å². The fraction of sp³-hybridized carbons (Fsp3) is 0.436. The fourth-order valence-corrected chi connectivity index (χ4v) is 5.69. The molecule has 0 aliphatic heterocycles. The highest BCUT2D eigenvalue weighted by Gasteiger charge is 2.32. The second-order valence-corrected chi connectivity index (χ2v) is 12.2. The van der Waals surface area contributed by atoms with Crippen molar-refractivity contribution in [1.29, 1.82) is 0 Å². The third-order valence-corrected chi connectivity index (χ3v) is 8.53. The molecule has 0 radical (unpaired) electrons. The van der Waals surface area contributed by atoms with Crippen molar-refractivity contribution in [1.82, 2.24) is 21.0 Å². The van der Waals surface area contributed by atoms with Gasteiger partial charge in [0.2, 0.25) is 12.3 Å². The maximum Gasteiger partial charge on any atom is 0.328 e. The number of unbranched alkanes of at least 4 members (excludes halogenated alkanes) is 2. The standard InChI is InChI=1S/C39H50N4O11/c1-6-9-11-16-28(31(7-2)43(25-44)53-23-26-14-12-10-13-15-26)36(46)40-24-41-38(48)33-20-19-32(54-33)27-17-18-29(34(21-27)52-8-3)37(47)42-30(39(49)51-5)22-35(45)50-4/h10,12-15,17-21,25,28,30-31H,6-9,11,16,22-24H2,1-5H3,(H,40,46)(H,41,48)(H,42,47)/t28-,30-,31-/m1/s1. The molecule has 1 heterocycles. The van der Waals surface area contributed by atoms with Gasteiger partial charge in [-0.15, -0.1) is 0 Å². The van der Waals surface area contributed by atoms with Crippen LogP contribution in [0.5, 0.6) is 5.75 Å². The van der Waals surface area contributed by atoms with E-state index in [2.05, 4.69) is 27.6 Å². The summed E-state index contributed by atoms with van der Waals surface area (Å²) in [6.07, 6.45) is 3.81. The Morgan fingerprint density at radius 1 is 0.889 bits per heavy atom. The van der Waals surface area contributed by atoms with E-state index in [0.717, 1.165) is 39.0 Å². The van der Waals surface area contributed by atoms with Gasteiger partial charge < -0.3 is 34.6 Å². The van der Waals surface area contributed by atoms with Crippen molar-refractivity contribution in [3.63, 3.8) is 0 Å². The Balaban J connectivity index is 1.67. The largest absolute Gasteiger partial charge is 0.493 e. The number of ether oxygens (including phenoxy) is 3. The van der Waals surface area contributed by atoms with Crippen LogP contribution < -0.4 is 20.7 Å². The summed E-state index contributed by atoms with van der Waals surface area (Å²) in [5, 5.41) is 9.11. The second-order valence-electron chi connectivity index (χ2n) is 12.2. The van der Waals surface area contributed by atoms with Crippen LogP contribution in [0.2, 0.25) is 0 Å². The first-order chi connectivity index (χ1) is 26.1. The van der Waals surface area contributed by atoms with Crippen molar-refractivity contribution in [2.75, 3.05) is 27.5 Å². The van der Waals surface area contributed by atoms with Gasteiger partial charge in [-0.25, -0.2) is 9.86 Å². The maximum absolute atomic E-state index is 13.5. The van der Waals surface area contributed by atoms with Crippen molar-refractivity contribution in [3.8, 4) is 17.1 Å². The van der Waals surface area contributed by atoms with Crippen molar-refractivity contribution >= 4 is 36.1 Å². The SMILES string of the molecule is CCCCC[C@@H](C(=O)NCNC(=O)c1ccc(-c2ccc(C(=O)N[C@H](CC(=O)OC)C(=O)OC)c(OCC)c2)o1)[C@@H](CC)N(C=O)OCc1ccccc1. The maximum atomic E-state index is 13.5.